The Bertz CT molecular complexity index is 483. The van der Waals surface area contributed by atoms with E-state index in [4.69, 9.17) is 5.26 Å². The van der Waals surface area contributed by atoms with Gasteiger partial charge in [0.25, 0.3) is 6.43 Å². The van der Waals surface area contributed by atoms with Crippen molar-refractivity contribution < 1.29 is 23.0 Å². The highest BCUT2D eigenvalue weighted by Gasteiger charge is 2.22. The fraction of sp³-hybridized carbons (Fsp3) is 0.300. The van der Waals surface area contributed by atoms with E-state index in [0.29, 0.717) is 0 Å². The van der Waals surface area contributed by atoms with Crippen molar-refractivity contribution in [3.63, 3.8) is 0 Å². The lowest BCUT2D eigenvalue weighted by molar-refractivity contribution is 0.0599. The summed E-state index contributed by atoms with van der Waals surface area (Å²) in [6, 6.07) is 2.46. The molecule has 0 aliphatic carbocycles. The predicted molar refractivity (Wildman–Crippen MR) is 51.8 cm³/mol. The lowest BCUT2D eigenvalue weighted by Gasteiger charge is -2.09. The average Bonchev–Trinajstić information content (AvgIpc) is 2.35. The number of alkyl halides is 2. The molecule has 0 saturated carbocycles. The second kappa shape index (κ2) is 5.21. The van der Waals surface area contributed by atoms with Gasteiger partial charge < -0.3 is 9.47 Å². The van der Waals surface area contributed by atoms with E-state index in [-0.39, 0.29) is 17.1 Å². The van der Waals surface area contributed by atoms with E-state index in [2.05, 4.69) is 14.5 Å². The molecule has 5 nitrogen and oxygen atoms in total. The van der Waals surface area contributed by atoms with Crippen molar-refractivity contribution in [3.8, 4) is 11.9 Å². The first-order valence-corrected chi connectivity index (χ1v) is 4.40. The van der Waals surface area contributed by atoms with Crippen LogP contribution >= 0.6 is 0 Å². The Morgan fingerprint density at radius 3 is 2.59 bits per heavy atom. The fourth-order valence-electron chi connectivity index (χ4n) is 1.18. The minimum absolute atomic E-state index is 0.314. The average molecular weight is 242 g/mol. The van der Waals surface area contributed by atoms with Crippen LogP contribution in [0.15, 0.2) is 6.07 Å². The van der Waals surface area contributed by atoms with Crippen LogP contribution in [0.4, 0.5) is 8.78 Å². The molecule has 7 heteroatoms. The topological polar surface area (TPSA) is 72.2 Å². The Balaban J connectivity index is 3.45. The smallest absolute Gasteiger partial charge is 0.340 e. The van der Waals surface area contributed by atoms with Crippen LogP contribution in [0.3, 0.4) is 0 Å². The summed E-state index contributed by atoms with van der Waals surface area (Å²) >= 11 is 0. The van der Waals surface area contributed by atoms with Crippen molar-refractivity contribution >= 4 is 5.97 Å². The van der Waals surface area contributed by atoms with Crippen molar-refractivity contribution in [1.29, 1.82) is 5.26 Å². The van der Waals surface area contributed by atoms with Crippen molar-refractivity contribution in [1.82, 2.24) is 4.98 Å². The molecule has 90 valence electrons. The summed E-state index contributed by atoms with van der Waals surface area (Å²) in [6.07, 6.45) is -2.87. The summed E-state index contributed by atoms with van der Waals surface area (Å²) in [7, 11) is 2.23. The van der Waals surface area contributed by atoms with E-state index in [1.165, 1.54) is 0 Å². The van der Waals surface area contributed by atoms with Gasteiger partial charge in [0.15, 0.2) is 5.69 Å². The molecule has 0 N–H and O–H groups in total. The normalized spacial score (nSPS) is 9.88. The molecule has 0 amide bonds. The van der Waals surface area contributed by atoms with Crippen LogP contribution in [0, 0.1) is 11.3 Å². The maximum Gasteiger partial charge on any atom is 0.340 e. The number of esters is 1. The first kappa shape index (κ1) is 12.8. The minimum atomic E-state index is -2.87. The first-order valence-electron chi connectivity index (χ1n) is 4.40. The summed E-state index contributed by atoms with van der Waals surface area (Å²) in [4.78, 5) is 14.8. The number of methoxy groups -OCH3 is 2. The van der Waals surface area contributed by atoms with Crippen molar-refractivity contribution in [2.24, 2.45) is 0 Å². The summed E-state index contributed by atoms with van der Waals surface area (Å²) < 4.78 is 34.3. The zero-order valence-electron chi connectivity index (χ0n) is 9.03. The highest BCUT2D eigenvalue weighted by Crippen LogP contribution is 2.29. The van der Waals surface area contributed by atoms with E-state index >= 15 is 0 Å². The Hall–Kier alpha value is -2.23. The summed E-state index contributed by atoms with van der Waals surface area (Å²) in [5, 5.41) is 8.75. The number of pyridine rings is 1. The quantitative estimate of drug-likeness (QED) is 0.754. The summed E-state index contributed by atoms with van der Waals surface area (Å²) in [6.45, 7) is 0. The van der Waals surface area contributed by atoms with Gasteiger partial charge in [-0.3, -0.25) is 0 Å². The number of nitriles is 1. The number of aromatic nitrogens is 1. The van der Waals surface area contributed by atoms with Crippen LogP contribution in [-0.4, -0.2) is 25.2 Å². The third kappa shape index (κ3) is 2.47. The number of carbonyl (C=O) groups excluding carboxylic acids is 1. The van der Waals surface area contributed by atoms with E-state index in [1.807, 2.05) is 0 Å². The predicted octanol–water partition coefficient (Wildman–Crippen LogP) is 1.69. The van der Waals surface area contributed by atoms with Crippen molar-refractivity contribution in [3.05, 3.63) is 22.9 Å². The standard InChI is InChI=1S/C10H8F2N2O3/c1-16-9-6(8(11)12)3-5(10(15)17-2)7(4-13)14-9/h3,8H,1-2H3. The van der Waals surface area contributed by atoms with E-state index in [1.54, 1.807) is 6.07 Å². The van der Waals surface area contributed by atoms with Crippen molar-refractivity contribution in [2.45, 2.75) is 6.43 Å². The third-order valence-corrected chi connectivity index (χ3v) is 1.95. The van der Waals surface area contributed by atoms with Gasteiger partial charge >= 0.3 is 5.97 Å². The van der Waals surface area contributed by atoms with Crippen LogP contribution < -0.4 is 4.74 Å². The molecule has 0 aliphatic rings. The number of hydrogen-bond donors (Lipinski definition) is 0. The van der Waals surface area contributed by atoms with Gasteiger partial charge in [0.05, 0.1) is 25.3 Å². The molecular weight excluding hydrogens is 234 g/mol. The van der Waals surface area contributed by atoms with E-state index in [9.17, 15) is 13.6 Å². The SMILES string of the molecule is COC(=O)c1cc(C(F)F)c(OC)nc1C#N. The van der Waals surface area contributed by atoms with E-state index < -0.39 is 18.0 Å². The molecule has 1 aromatic rings. The van der Waals surface area contributed by atoms with Gasteiger partial charge in [-0.25, -0.2) is 18.6 Å². The monoisotopic (exact) mass is 242 g/mol. The molecule has 17 heavy (non-hydrogen) atoms. The van der Waals surface area contributed by atoms with Gasteiger partial charge in [-0.2, -0.15) is 5.26 Å². The van der Waals surface area contributed by atoms with E-state index in [0.717, 1.165) is 20.3 Å². The van der Waals surface area contributed by atoms with Crippen LogP contribution in [0.5, 0.6) is 5.88 Å². The number of carbonyl (C=O) groups is 1. The van der Waals surface area contributed by atoms with Crippen molar-refractivity contribution in [2.75, 3.05) is 14.2 Å². The zero-order valence-corrected chi connectivity index (χ0v) is 9.03. The largest absolute Gasteiger partial charge is 0.481 e. The highest BCUT2D eigenvalue weighted by molar-refractivity contribution is 5.91. The van der Waals surface area contributed by atoms with Crippen LogP contribution in [0.2, 0.25) is 0 Å². The Morgan fingerprint density at radius 2 is 2.18 bits per heavy atom. The molecule has 0 bridgehead atoms. The number of halogens is 2. The van der Waals surface area contributed by atoms with Crippen LogP contribution in [-0.2, 0) is 4.74 Å². The molecule has 0 radical (unpaired) electrons. The molecule has 0 fully saturated rings. The molecule has 0 saturated heterocycles. The highest BCUT2D eigenvalue weighted by atomic mass is 19.3. The number of ether oxygens (including phenoxy) is 2. The molecule has 0 spiro atoms. The van der Waals surface area contributed by atoms with Gasteiger partial charge in [0.1, 0.15) is 6.07 Å². The molecular formula is C10H8F2N2O3. The van der Waals surface area contributed by atoms with Gasteiger partial charge in [-0.05, 0) is 6.07 Å². The molecule has 1 heterocycles. The summed E-state index contributed by atoms with van der Waals surface area (Å²) in [5.41, 5.74) is -1.20. The van der Waals surface area contributed by atoms with Gasteiger partial charge in [-0.1, -0.05) is 0 Å². The number of rotatable bonds is 3. The van der Waals surface area contributed by atoms with Crippen LogP contribution in [0.25, 0.3) is 0 Å². The third-order valence-electron chi connectivity index (χ3n) is 1.95. The Labute approximate surface area is 95.6 Å². The molecule has 0 unspecified atom stereocenters. The number of nitrogens with zero attached hydrogens (tertiary/aromatic N) is 2. The second-order valence-electron chi connectivity index (χ2n) is 2.89. The maximum atomic E-state index is 12.6. The molecule has 1 aromatic heterocycles. The zero-order chi connectivity index (χ0) is 13.0. The molecule has 0 aliphatic heterocycles. The van der Waals surface area contributed by atoms with Crippen LogP contribution in [0.1, 0.15) is 28.0 Å². The minimum Gasteiger partial charge on any atom is -0.481 e. The van der Waals surface area contributed by atoms with Gasteiger partial charge in [-0.15, -0.1) is 0 Å². The second-order valence-corrected chi connectivity index (χ2v) is 2.89. The molecule has 0 aromatic carbocycles. The Kier molecular flexibility index (Phi) is 3.93. The van der Waals surface area contributed by atoms with Gasteiger partial charge in [0, 0.05) is 0 Å². The molecule has 0 atom stereocenters. The number of hydrogen-bond acceptors (Lipinski definition) is 5. The van der Waals surface area contributed by atoms with Gasteiger partial charge in [0.2, 0.25) is 5.88 Å². The lowest BCUT2D eigenvalue weighted by Crippen LogP contribution is -2.09. The molecule has 1 rings (SSSR count). The Morgan fingerprint density at radius 1 is 1.53 bits per heavy atom. The first-order chi connectivity index (χ1) is 8.04. The lowest BCUT2D eigenvalue weighted by atomic mass is 10.1. The fourth-order valence-corrected chi connectivity index (χ4v) is 1.18. The summed E-state index contributed by atoms with van der Waals surface area (Å²) in [5.74, 6) is -1.29. The maximum absolute atomic E-state index is 12.6.